The van der Waals surface area contributed by atoms with Gasteiger partial charge in [0.2, 0.25) is 0 Å². The van der Waals surface area contributed by atoms with E-state index in [4.69, 9.17) is 9.47 Å². The van der Waals surface area contributed by atoms with Crippen LogP contribution in [-0.4, -0.2) is 49.2 Å². The quantitative estimate of drug-likeness (QED) is 0.732. The van der Waals surface area contributed by atoms with E-state index in [1.54, 1.807) is 31.4 Å². The number of aromatic nitrogens is 1. The number of anilines is 1. The largest absolute Gasteiger partial charge is 0.497 e. The number of amides is 1. The monoisotopic (exact) mass is 383 g/mol. The van der Waals surface area contributed by atoms with E-state index in [9.17, 15) is 4.79 Å². The van der Waals surface area contributed by atoms with Crippen LogP contribution >= 0.6 is 11.3 Å². The normalized spacial score (nSPS) is 15.0. The first-order valence-corrected chi connectivity index (χ1v) is 9.68. The molecule has 6 nitrogen and oxygen atoms in total. The average Bonchev–Trinajstić information content (AvgIpc) is 3.10. The molecule has 0 saturated carbocycles. The Morgan fingerprint density at radius 1 is 1.22 bits per heavy atom. The molecule has 1 N–H and O–H groups in total. The van der Waals surface area contributed by atoms with Gasteiger partial charge in [0.1, 0.15) is 5.75 Å². The second-order valence-corrected chi connectivity index (χ2v) is 7.42. The predicted molar refractivity (Wildman–Crippen MR) is 107 cm³/mol. The lowest BCUT2D eigenvalue weighted by atomic mass is 10.2. The summed E-state index contributed by atoms with van der Waals surface area (Å²) < 4.78 is 11.6. The smallest absolute Gasteiger partial charge is 0.257 e. The number of hydrogen-bond donors (Lipinski definition) is 1. The second kappa shape index (κ2) is 8.04. The first-order valence-electron chi connectivity index (χ1n) is 8.86. The van der Waals surface area contributed by atoms with Crippen molar-refractivity contribution in [3.63, 3.8) is 0 Å². The van der Waals surface area contributed by atoms with Gasteiger partial charge >= 0.3 is 0 Å². The molecular weight excluding hydrogens is 362 g/mol. The number of fused-ring (bicyclic) bond motifs is 1. The summed E-state index contributed by atoms with van der Waals surface area (Å²) in [5.74, 6) is 0.546. The number of ether oxygens (including phenoxy) is 2. The zero-order valence-electron chi connectivity index (χ0n) is 15.1. The van der Waals surface area contributed by atoms with Crippen LogP contribution < -0.4 is 10.1 Å². The molecule has 1 fully saturated rings. The van der Waals surface area contributed by atoms with Crippen LogP contribution in [0.2, 0.25) is 0 Å². The van der Waals surface area contributed by atoms with Gasteiger partial charge in [-0.2, -0.15) is 0 Å². The highest BCUT2D eigenvalue weighted by molar-refractivity contribution is 7.22. The topological polar surface area (TPSA) is 63.7 Å². The molecule has 1 aliphatic heterocycles. The highest BCUT2D eigenvalue weighted by atomic mass is 32.1. The van der Waals surface area contributed by atoms with Crippen LogP contribution in [0.1, 0.15) is 15.9 Å². The summed E-state index contributed by atoms with van der Waals surface area (Å²) in [6.45, 7) is 4.42. The number of hydrogen-bond acceptors (Lipinski definition) is 6. The van der Waals surface area contributed by atoms with Gasteiger partial charge in [0.25, 0.3) is 5.91 Å². The molecule has 7 heteroatoms. The van der Waals surface area contributed by atoms with Gasteiger partial charge in [-0.15, -0.1) is 0 Å². The van der Waals surface area contributed by atoms with E-state index in [1.807, 2.05) is 6.07 Å². The Morgan fingerprint density at radius 2 is 2.00 bits per heavy atom. The van der Waals surface area contributed by atoms with Crippen LogP contribution in [0.4, 0.5) is 5.13 Å². The summed E-state index contributed by atoms with van der Waals surface area (Å²) in [5, 5.41) is 3.49. The molecule has 0 spiro atoms. The number of benzene rings is 2. The van der Waals surface area contributed by atoms with Crippen LogP contribution in [0.5, 0.6) is 5.75 Å². The van der Waals surface area contributed by atoms with Crippen LogP contribution in [0.25, 0.3) is 10.2 Å². The maximum atomic E-state index is 12.4. The molecule has 0 aliphatic carbocycles. The molecule has 1 aromatic heterocycles. The van der Waals surface area contributed by atoms with E-state index in [1.165, 1.54) is 16.9 Å². The third-order valence-electron chi connectivity index (χ3n) is 4.54. The first kappa shape index (κ1) is 17.9. The Labute approximate surface area is 161 Å². The molecule has 1 amide bonds. The molecular formula is C20H21N3O3S. The molecule has 4 rings (SSSR count). The maximum Gasteiger partial charge on any atom is 0.257 e. The summed E-state index contributed by atoms with van der Waals surface area (Å²) in [6.07, 6.45) is 0. The highest BCUT2D eigenvalue weighted by Gasteiger charge is 2.13. The molecule has 1 saturated heterocycles. The number of carbonyl (C=O) groups is 1. The van der Waals surface area contributed by atoms with Gasteiger partial charge in [-0.1, -0.05) is 17.4 Å². The van der Waals surface area contributed by atoms with E-state index in [-0.39, 0.29) is 5.91 Å². The fraction of sp³-hybridized carbons (Fsp3) is 0.300. The van der Waals surface area contributed by atoms with Gasteiger partial charge in [0.15, 0.2) is 5.13 Å². The Balaban J connectivity index is 1.46. The van der Waals surface area contributed by atoms with E-state index >= 15 is 0 Å². The zero-order chi connectivity index (χ0) is 18.6. The molecule has 0 unspecified atom stereocenters. The fourth-order valence-corrected chi connectivity index (χ4v) is 3.97. The Kier molecular flexibility index (Phi) is 5.33. The second-order valence-electron chi connectivity index (χ2n) is 6.39. The van der Waals surface area contributed by atoms with Gasteiger partial charge in [0.05, 0.1) is 30.5 Å². The molecule has 0 radical (unpaired) electrons. The van der Waals surface area contributed by atoms with Crippen molar-refractivity contribution in [2.24, 2.45) is 0 Å². The van der Waals surface area contributed by atoms with Crippen LogP contribution in [0.3, 0.4) is 0 Å². The van der Waals surface area contributed by atoms with Gasteiger partial charge < -0.3 is 9.47 Å². The Bertz CT molecular complexity index is 933. The van der Waals surface area contributed by atoms with E-state index in [2.05, 4.69) is 27.3 Å². The summed E-state index contributed by atoms with van der Waals surface area (Å²) in [4.78, 5) is 19.3. The van der Waals surface area contributed by atoms with Crippen molar-refractivity contribution in [1.82, 2.24) is 9.88 Å². The molecule has 3 aromatic rings. The lowest BCUT2D eigenvalue weighted by Crippen LogP contribution is -2.35. The van der Waals surface area contributed by atoms with E-state index in [0.29, 0.717) is 10.7 Å². The number of methoxy groups -OCH3 is 1. The van der Waals surface area contributed by atoms with Crippen molar-refractivity contribution < 1.29 is 14.3 Å². The van der Waals surface area contributed by atoms with E-state index < -0.39 is 0 Å². The summed E-state index contributed by atoms with van der Waals surface area (Å²) >= 11 is 1.49. The third kappa shape index (κ3) is 4.27. The lowest BCUT2D eigenvalue weighted by Gasteiger charge is -2.26. The van der Waals surface area contributed by atoms with Crippen LogP contribution in [0.15, 0.2) is 42.5 Å². The highest BCUT2D eigenvalue weighted by Crippen LogP contribution is 2.28. The number of morpholine rings is 1. The molecule has 2 heterocycles. The molecule has 0 bridgehead atoms. The zero-order valence-corrected chi connectivity index (χ0v) is 15.9. The summed E-state index contributed by atoms with van der Waals surface area (Å²) in [7, 11) is 1.60. The minimum atomic E-state index is -0.176. The summed E-state index contributed by atoms with van der Waals surface area (Å²) in [6, 6.07) is 13.3. The van der Waals surface area contributed by atoms with Crippen molar-refractivity contribution in [3.8, 4) is 5.75 Å². The molecule has 0 atom stereocenters. The van der Waals surface area contributed by atoms with Crippen molar-refractivity contribution in [2.45, 2.75) is 6.54 Å². The van der Waals surface area contributed by atoms with Crippen LogP contribution in [0, 0.1) is 0 Å². The van der Waals surface area contributed by atoms with E-state index in [0.717, 1.165) is 48.8 Å². The van der Waals surface area contributed by atoms with Crippen molar-refractivity contribution in [1.29, 1.82) is 0 Å². The number of nitrogens with one attached hydrogen (secondary N) is 1. The lowest BCUT2D eigenvalue weighted by molar-refractivity contribution is 0.0342. The first-order chi connectivity index (χ1) is 13.2. The third-order valence-corrected chi connectivity index (χ3v) is 5.47. The van der Waals surface area contributed by atoms with Gasteiger partial charge in [-0.05, 0) is 42.0 Å². The molecule has 1 aliphatic rings. The number of carbonyl (C=O) groups excluding carboxylic acids is 1. The Hall–Kier alpha value is -2.48. The number of rotatable bonds is 5. The molecule has 2 aromatic carbocycles. The fourth-order valence-electron chi connectivity index (χ4n) is 3.05. The van der Waals surface area contributed by atoms with Crippen molar-refractivity contribution in [3.05, 3.63) is 53.6 Å². The molecule has 140 valence electrons. The predicted octanol–water partition coefficient (Wildman–Crippen LogP) is 3.39. The summed E-state index contributed by atoms with van der Waals surface area (Å²) in [5.41, 5.74) is 2.72. The van der Waals surface area contributed by atoms with Crippen molar-refractivity contribution >= 4 is 32.6 Å². The number of thiazole rings is 1. The Morgan fingerprint density at radius 3 is 2.74 bits per heavy atom. The van der Waals surface area contributed by atoms with Gasteiger partial charge in [0, 0.05) is 25.2 Å². The standard InChI is InChI=1S/C20H21N3O3S/c1-25-16-5-3-15(4-6-16)19(24)22-20-21-17-7-2-14(12-18(17)27-20)13-23-8-10-26-11-9-23/h2-7,12H,8-11,13H2,1H3,(H,21,22,24). The number of nitrogens with zero attached hydrogens (tertiary/aromatic N) is 2. The van der Waals surface area contributed by atoms with Gasteiger partial charge in [-0.25, -0.2) is 4.98 Å². The van der Waals surface area contributed by atoms with Crippen LogP contribution in [-0.2, 0) is 11.3 Å². The SMILES string of the molecule is COc1ccc(C(=O)Nc2nc3ccc(CN4CCOCC4)cc3s2)cc1. The minimum absolute atomic E-state index is 0.176. The minimum Gasteiger partial charge on any atom is -0.497 e. The average molecular weight is 383 g/mol. The maximum absolute atomic E-state index is 12.4. The molecule has 27 heavy (non-hydrogen) atoms. The van der Waals surface area contributed by atoms with Crippen molar-refractivity contribution in [2.75, 3.05) is 38.7 Å². The van der Waals surface area contributed by atoms with Gasteiger partial charge in [-0.3, -0.25) is 15.0 Å².